The van der Waals surface area contributed by atoms with E-state index in [1.165, 1.54) is 11.3 Å². The maximum atomic E-state index is 11.9. The Morgan fingerprint density at radius 2 is 2.35 bits per heavy atom. The van der Waals surface area contributed by atoms with Crippen molar-refractivity contribution in [3.8, 4) is 0 Å². The molecule has 0 aliphatic heterocycles. The molecule has 4 nitrogen and oxygen atoms in total. The first-order valence-electron chi connectivity index (χ1n) is 5.50. The third kappa shape index (κ3) is 2.39. The molecular weight excluding hydrogens is 234 g/mol. The average Bonchev–Trinajstić information content (AvgIpc) is 2.64. The molecule has 2 aromatic rings. The lowest BCUT2D eigenvalue weighted by Gasteiger charge is -2.06. The molecule has 0 aliphatic rings. The number of anilines is 1. The van der Waals surface area contributed by atoms with Crippen LogP contribution in [0.15, 0.2) is 18.3 Å². The van der Waals surface area contributed by atoms with Crippen molar-refractivity contribution in [2.75, 3.05) is 12.3 Å². The van der Waals surface area contributed by atoms with Crippen LogP contribution in [0.3, 0.4) is 0 Å². The number of carbonyl (C=O) groups excluding carboxylic acids is 1. The third-order valence-corrected chi connectivity index (χ3v) is 3.51. The van der Waals surface area contributed by atoms with Crippen LogP contribution in [-0.4, -0.2) is 17.4 Å². The minimum Gasteiger partial charge on any atom is -0.397 e. The molecule has 3 N–H and O–H groups in total. The van der Waals surface area contributed by atoms with Crippen LogP contribution in [0.4, 0.5) is 5.69 Å². The van der Waals surface area contributed by atoms with Gasteiger partial charge in [-0.05, 0) is 18.1 Å². The largest absolute Gasteiger partial charge is 0.397 e. The quantitative estimate of drug-likeness (QED) is 0.876. The Morgan fingerprint density at radius 3 is 3.00 bits per heavy atom. The van der Waals surface area contributed by atoms with Crippen molar-refractivity contribution < 1.29 is 4.79 Å². The van der Waals surface area contributed by atoms with Crippen molar-refractivity contribution in [2.24, 2.45) is 5.92 Å². The molecular formula is C12H15N3OS. The molecule has 0 fully saturated rings. The van der Waals surface area contributed by atoms with Gasteiger partial charge in [0.2, 0.25) is 0 Å². The molecule has 0 radical (unpaired) electrons. The van der Waals surface area contributed by atoms with Crippen molar-refractivity contribution in [1.29, 1.82) is 0 Å². The van der Waals surface area contributed by atoms with Gasteiger partial charge in [-0.15, -0.1) is 11.3 Å². The first-order valence-corrected chi connectivity index (χ1v) is 6.32. The number of nitrogen functional groups attached to an aromatic ring is 1. The second-order valence-corrected chi connectivity index (χ2v) is 5.30. The summed E-state index contributed by atoms with van der Waals surface area (Å²) in [5.41, 5.74) is 6.48. The number of fused-ring (bicyclic) bond motifs is 1. The summed E-state index contributed by atoms with van der Waals surface area (Å²) in [6, 6.07) is 3.70. The Bertz CT molecular complexity index is 548. The molecule has 0 unspecified atom stereocenters. The highest BCUT2D eigenvalue weighted by Gasteiger charge is 2.16. The number of nitrogens with two attached hydrogens (primary N) is 1. The summed E-state index contributed by atoms with van der Waals surface area (Å²) in [7, 11) is 0. The van der Waals surface area contributed by atoms with Gasteiger partial charge in [0.1, 0.15) is 9.71 Å². The normalized spacial score (nSPS) is 11.0. The highest BCUT2D eigenvalue weighted by molar-refractivity contribution is 7.21. The molecule has 2 aromatic heterocycles. The fraction of sp³-hybridized carbons (Fsp3) is 0.333. The number of thiophene rings is 1. The summed E-state index contributed by atoms with van der Waals surface area (Å²) in [4.78, 5) is 17.5. The number of nitrogens with zero attached hydrogens (tertiary/aromatic N) is 1. The van der Waals surface area contributed by atoms with Gasteiger partial charge in [-0.2, -0.15) is 0 Å². The number of carbonyl (C=O) groups is 1. The summed E-state index contributed by atoms with van der Waals surface area (Å²) >= 11 is 1.34. The second-order valence-electron chi connectivity index (χ2n) is 4.30. The van der Waals surface area contributed by atoms with E-state index in [2.05, 4.69) is 24.1 Å². The van der Waals surface area contributed by atoms with Gasteiger partial charge >= 0.3 is 0 Å². The maximum Gasteiger partial charge on any atom is 0.263 e. The first-order chi connectivity index (χ1) is 8.09. The summed E-state index contributed by atoms with van der Waals surface area (Å²) in [6.45, 7) is 4.76. The molecule has 2 heterocycles. The van der Waals surface area contributed by atoms with Crippen LogP contribution >= 0.6 is 11.3 Å². The minimum atomic E-state index is -0.112. The molecule has 2 rings (SSSR count). The van der Waals surface area contributed by atoms with E-state index in [-0.39, 0.29) is 5.91 Å². The van der Waals surface area contributed by atoms with Crippen LogP contribution in [0, 0.1) is 5.92 Å². The number of aromatic nitrogens is 1. The standard InChI is InChI=1S/C12H15N3OS/c1-7(2)6-15-11(16)10-9(13)8-4-3-5-14-12(8)17-10/h3-5,7H,6,13H2,1-2H3,(H,15,16). The van der Waals surface area contributed by atoms with E-state index in [4.69, 9.17) is 5.73 Å². The Balaban J connectivity index is 2.29. The Labute approximate surface area is 104 Å². The number of pyridine rings is 1. The van der Waals surface area contributed by atoms with Gasteiger partial charge in [-0.1, -0.05) is 13.8 Å². The van der Waals surface area contributed by atoms with E-state index in [0.29, 0.717) is 23.0 Å². The molecule has 0 spiro atoms. The van der Waals surface area contributed by atoms with Crippen LogP contribution in [0.2, 0.25) is 0 Å². The Hall–Kier alpha value is -1.62. The first kappa shape index (κ1) is 11.9. The number of amides is 1. The zero-order valence-corrected chi connectivity index (χ0v) is 10.7. The van der Waals surface area contributed by atoms with E-state index >= 15 is 0 Å². The van der Waals surface area contributed by atoms with Gasteiger partial charge in [-0.3, -0.25) is 4.79 Å². The minimum absolute atomic E-state index is 0.112. The molecule has 5 heteroatoms. The molecule has 1 amide bonds. The number of nitrogens with one attached hydrogen (secondary N) is 1. The van der Waals surface area contributed by atoms with Crippen LogP contribution in [0.5, 0.6) is 0 Å². The highest BCUT2D eigenvalue weighted by atomic mass is 32.1. The molecule has 17 heavy (non-hydrogen) atoms. The molecule has 0 aromatic carbocycles. The van der Waals surface area contributed by atoms with Crippen LogP contribution in [0.1, 0.15) is 23.5 Å². The summed E-state index contributed by atoms with van der Waals surface area (Å²) in [6.07, 6.45) is 1.70. The van der Waals surface area contributed by atoms with Gasteiger partial charge in [-0.25, -0.2) is 4.98 Å². The summed E-state index contributed by atoms with van der Waals surface area (Å²) < 4.78 is 0. The number of hydrogen-bond donors (Lipinski definition) is 2. The summed E-state index contributed by atoms with van der Waals surface area (Å²) in [5.74, 6) is 0.312. The highest BCUT2D eigenvalue weighted by Crippen LogP contribution is 2.31. The molecule has 0 atom stereocenters. The monoisotopic (exact) mass is 249 g/mol. The Kier molecular flexibility index (Phi) is 3.28. The maximum absolute atomic E-state index is 11.9. The fourth-order valence-electron chi connectivity index (χ4n) is 1.50. The van der Waals surface area contributed by atoms with E-state index in [9.17, 15) is 4.79 Å². The predicted octanol–water partition coefficient (Wildman–Crippen LogP) is 2.26. The molecule has 0 aliphatic carbocycles. The predicted molar refractivity (Wildman–Crippen MR) is 71.2 cm³/mol. The van der Waals surface area contributed by atoms with Crippen LogP contribution in [-0.2, 0) is 0 Å². The van der Waals surface area contributed by atoms with Crippen molar-refractivity contribution >= 4 is 33.1 Å². The van der Waals surface area contributed by atoms with E-state index < -0.39 is 0 Å². The van der Waals surface area contributed by atoms with Crippen molar-refractivity contribution in [2.45, 2.75) is 13.8 Å². The van der Waals surface area contributed by atoms with Crippen molar-refractivity contribution in [1.82, 2.24) is 10.3 Å². The van der Waals surface area contributed by atoms with Gasteiger partial charge in [0.05, 0.1) is 5.69 Å². The fourth-order valence-corrected chi connectivity index (χ4v) is 2.48. The third-order valence-electron chi connectivity index (χ3n) is 2.38. The van der Waals surface area contributed by atoms with E-state index in [1.807, 2.05) is 12.1 Å². The van der Waals surface area contributed by atoms with Crippen LogP contribution < -0.4 is 11.1 Å². The second kappa shape index (κ2) is 4.71. The van der Waals surface area contributed by atoms with Crippen molar-refractivity contribution in [3.63, 3.8) is 0 Å². The zero-order valence-electron chi connectivity index (χ0n) is 9.86. The SMILES string of the molecule is CC(C)CNC(=O)c1sc2ncccc2c1N. The van der Waals surface area contributed by atoms with Crippen LogP contribution in [0.25, 0.3) is 10.2 Å². The summed E-state index contributed by atoms with van der Waals surface area (Å²) in [5, 5.41) is 3.72. The van der Waals surface area contributed by atoms with Crippen molar-refractivity contribution in [3.05, 3.63) is 23.2 Å². The van der Waals surface area contributed by atoms with E-state index in [1.54, 1.807) is 6.20 Å². The van der Waals surface area contributed by atoms with Gasteiger partial charge in [0.25, 0.3) is 5.91 Å². The zero-order chi connectivity index (χ0) is 12.4. The molecule has 0 saturated heterocycles. The molecule has 90 valence electrons. The lowest BCUT2D eigenvalue weighted by molar-refractivity contribution is 0.0954. The molecule has 0 saturated carbocycles. The van der Waals surface area contributed by atoms with E-state index in [0.717, 1.165) is 10.2 Å². The molecule has 0 bridgehead atoms. The Morgan fingerprint density at radius 1 is 1.59 bits per heavy atom. The van der Waals surface area contributed by atoms with Gasteiger partial charge < -0.3 is 11.1 Å². The van der Waals surface area contributed by atoms with Gasteiger partial charge in [0.15, 0.2) is 0 Å². The average molecular weight is 249 g/mol. The lowest BCUT2D eigenvalue weighted by Crippen LogP contribution is -2.27. The number of hydrogen-bond acceptors (Lipinski definition) is 4. The lowest BCUT2D eigenvalue weighted by atomic mass is 10.2. The number of rotatable bonds is 3. The smallest absolute Gasteiger partial charge is 0.263 e. The topological polar surface area (TPSA) is 68.0 Å². The van der Waals surface area contributed by atoms with Gasteiger partial charge in [0, 0.05) is 18.1 Å².